The Hall–Kier alpha value is -2.96. The predicted molar refractivity (Wildman–Crippen MR) is 103 cm³/mol. The van der Waals surface area contributed by atoms with Gasteiger partial charge in [0.15, 0.2) is 5.78 Å². The average Bonchev–Trinajstić information content (AvgIpc) is 2.59. The van der Waals surface area contributed by atoms with Gasteiger partial charge in [0.05, 0.1) is 17.1 Å². The summed E-state index contributed by atoms with van der Waals surface area (Å²) in [6, 6.07) is 6.01. The first kappa shape index (κ1) is 19.8. The quantitative estimate of drug-likeness (QED) is 0.482. The van der Waals surface area contributed by atoms with Crippen molar-refractivity contribution >= 4 is 17.4 Å². The lowest BCUT2D eigenvalue weighted by Gasteiger charge is -2.39. The average molecular weight is 384 g/mol. The number of non-ortho nitro benzene ring substituents is 1. The summed E-state index contributed by atoms with van der Waals surface area (Å²) in [6.07, 6.45) is 1.07. The maximum absolute atomic E-state index is 13.1. The third-order valence-corrected chi connectivity index (χ3v) is 5.17. The van der Waals surface area contributed by atoms with Crippen molar-refractivity contribution in [3.8, 4) is 0 Å². The second-order valence-electron chi connectivity index (χ2n) is 8.00. The molecule has 0 spiro atoms. The number of esters is 1. The van der Waals surface area contributed by atoms with Crippen LogP contribution in [-0.2, 0) is 14.3 Å². The number of nitro groups is 1. The number of dihydropyridines is 1. The molecule has 0 unspecified atom stereocenters. The van der Waals surface area contributed by atoms with Crippen LogP contribution in [0.3, 0.4) is 0 Å². The number of nitrogens with zero attached hydrogens (tertiary/aromatic N) is 1. The molecule has 1 atom stereocenters. The van der Waals surface area contributed by atoms with Gasteiger partial charge in [0.1, 0.15) is 0 Å². The Balaban J connectivity index is 2.16. The number of Topliss-reactive ketones (excluding diaryl/α,β-unsaturated/α-hetero) is 1. The first-order valence-electron chi connectivity index (χ1n) is 9.30. The van der Waals surface area contributed by atoms with E-state index >= 15 is 0 Å². The highest BCUT2D eigenvalue weighted by Crippen LogP contribution is 2.46. The molecule has 0 fully saturated rings. The minimum atomic E-state index is -0.597. The van der Waals surface area contributed by atoms with Gasteiger partial charge in [-0.25, -0.2) is 4.79 Å². The van der Waals surface area contributed by atoms with E-state index in [9.17, 15) is 19.7 Å². The van der Waals surface area contributed by atoms with E-state index in [0.29, 0.717) is 35.2 Å². The maximum atomic E-state index is 13.1. The van der Waals surface area contributed by atoms with Gasteiger partial charge in [-0.1, -0.05) is 26.0 Å². The lowest BCUT2D eigenvalue weighted by Crippen LogP contribution is -2.38. The number of allylic oxidation sites excluding steroid dienone is 3. The van der Waals surface area contributed by atoms with Crippen LogP contribution in [-0.4, -0.2) is 23.3 Å². The fourth-order valence-electron chi connectivity index (χ4n) is 4.04. The third kappa shape index (κ3) is 3.56. The van der Waals surface area contributed by atoms with Crippen molar-refractivity contribution in [3.05, 3.63) is 62.5 Å². The number of benzene rings is 1. The zero-order chi connectivity index (χ0) is 20.6. The molecule has 0 saturated heterocycles. The minimum absolute atomic E-state index is 0.0172. The van der Waals surface area contributed by atoms with E-state index in [4.69, 9.17) is 4.74 Å². The van der Waals surface area contributed by atoms with Crippen molar-refractivity contribution in [2.24, 2.45) is 5.41 Å². The Kier molecular flexibility index (Phi) is 5.10. The van der Waals surface area contributed by atoms with Gasteiger partial charge in [-0.2, -0.15) is 0 Å². The summed E-state index contributed by atoms with van der Waals surface area (Å²) >= 11 is 0. The lowest BCUT2D eigenvalue weighted by atomic mass is 9.68. The van der Waals surface area contributed by atoms with E-state index in [-0.39, 0.29) is 23.5 Å². The summed E-state index contributed by atoms with van der Waals surface area (Å²) in [6.45, 7) is 7.81. The SMILES string of the molecule is CCOC(=O)C1=C(C)NC2=C(C(=O)CC(C)(C)C2)[C@@H]1c1ccc([N+](=O)[O-])cc1. The number of carbonyl (C=O) groups is 2. The van der Waals surface area contributed by atoms with Crippen LogP contribution in [0, 0.1) is 15.5 Å². The second kappa shape index (κ2) is 7.22. The Bertz CT molecular complexity index is 909. The molecule has 148 valence electrons. The number of ketones is 1. The van der Waals surface area contributed by atoms with Gasteiger partial charge in [0.2, 0.25) is 0 Å². The van der Waals surface area contributed by atoms with Crippen molar-refractivity contribution < 1.29 is 19.2 Å². The molecule has 0 bridgehead atoms. The molecular formula is C21H24N2O5. The molecule has 1 aromatic rings. The van der Waals surface area contributed by atoms with Gasteiger partial charge >= 0.3 is 5.97 Å². The zero-order valence-electron chi connectivity index (χ0n) is 16.5. The molecule has 3 rings (SSSR count). The van der Waals surface area contributed by atoms with Crippen molar-refractivity contribution in [3.63, 3.8) is 0 Å². The van der Waals surface area contributed by atoms with Crippen LogP contribution < -0.4 is 5.32 Å². The fourth-order valence-corrected chi connectivity index (χ4v) is 4.04. The monoisotopic (exact) mass is 384 g/mol. The Labute approximate surface area is 163 Å². The molecule has 0 saturated carbocycles. The number of rotatable bonds is 4. The molecule has 0 aromatic heterocycles. The second-order valence-corrected chi connectivity index (χ2v) is 8.00. The van der Waals surface area contributed by atoms with Crippen molar-refractivity contribution in [2.75, 3.05) is 6.61 Å². The molecule has 1 N–H and O–H groups in total. The van der Waals surface area contributed by atoms with Crippen molar-refractivity contribution in [2.45, 2.75) is 46.5 Å². The number of nitrogens with one attached hydrogen (secondary N) is 1. The molecule has 28 heavy (non-hydrogen) atoms. The Morgan fingerprint density at radius 2 is 1.93 bits per heavy atom. The van der Waals surface area contributed by atoms with Gasteiger partial charge in [0, 0.05) is 41.4 Å². The lowest BCUT2D eigenvalue weighted by molar-refractivity contribution is -0.384. The molecule has 1 aliphatic heterocycles. The standard InChI is InChI=1S/C21H24N2O5/c1-5-28-20(25)17-12(2)22-15-10-21(3,4)11-16(24)19(15)18(17)13-6-8-14(9-7-13)23(26)27/h6-9,18,22H,5,10-11H2,1-4H3/t18-/m1/s1. The van der Waals surface area contributed by atoms with E-state index in [1.165, 1.54) is 12.1 Å². The smallest absolute Gasteiger partial charge is 0.336 e. The van der Waals surface area contributed by atoms with Crippen LogP contribution in [0.25, 0.3) is 0 Å². The first-order valence-corrected chi connectivity index (χ1v) is 9.30. The number of nitro benzene ring substituents is 1. The molecular weight excluding hydrogens is 360 g/mol. The van der Waals surface area contributed by atoms with Crippen molar-refractivity contribution in [1.82, 2.24) is 5.32 Å². The van der Waals surface area contributed by atoms with Gasteiger partial charge in [0.25, 0.3) is 5.69 Å². The van der Waals surface area contributed by atoms with E-state index in [1.807, 2.05) is 13.8 Å². The van der Waals surface area contributed by atoms with Crippen LogP contribution >= 0.6 is 0 Å². The molecule has 1 heterocycles. The summed E-state index contributed by atoms with van der Waals surface area (Å²) in [5.74, 6) is -1.10. The maximum Gasteiger partial charge on any atom is 0.336 e. The molecule has 1 aliphatic carbocycles. The van der Waals surface area contributed by atoms with Gasteiger partial charge in [-0.05, 0) is 31.2 Å². The summed E-state index contributed by atoms with van der Waals surface area (Å²) < 4.78 is 5.24. The van der Waals surface area contributed by atoms with Crippen LogP contribution in [0.2, 0.25) is 0 Å². The van der Waals surface area contributed by atoms with Crippen molar-refractivity contribution in [1.29, 1.82) is 0 Å². The number of hydrogen-bond donors (Lipinski definition) is 1. The third-order valence-electron chi connectivity index (χ3n) is 5.17. The van der Waals surface area contributed by atoms with Crippen LogP contribution in [0.4, 0.5) is 5.69 Å². The van der Waals surface area contributed by atoms with Crippen LogP contribution in [0.15, 0.2) is 46.8 Å². The highest BCUT2D eigenvalue weighted by Gasteiger charge is 2.43. The number of ether oxygens (including phenoxy) is 1. The molecule has 0 amide bonds. The van der Waals surface area contributed by atoms with E-state index in [1.54, 1.807) is 26.0 Å². The molecule has 7 heteroatoms. The zero-order valence-corrected chi connectivity index (χ0v) is 16.5. The molecule has 2 aliphatic rings. The topological polar surface area (TPSA) is 98.5 Å². The van der Waals surface area contributed by atoms with Gasteiger partial charge < -0.3 is 10.1 Å². The van der Waals surface area contributed by atoms with Gasteiger partial charge in [-0.15, -0.1) is 0 Å². The highest BCUT2D eigenvalue weighted by molar-refractivity contribution is 6.04. The number of carbonyl (C=O) groups excluding carboxylic acids is 2. The first-order chi connectivity index (χ1) is 13.1. The molecule has 0 radical (unpaired) electrons. The normalized spacial score (nSPS) is 21.1. The number of hydrogen-bond acceptors (Lipinski definition) is 6. The van der Waals surface area contributed by atoms with E-state index < -0.39 is 16.8 Å². The predicted octanol–water partition coefficient (Wildman–Crippen LogP) is 3.76. The molecule has 1 aromatic carbocycles. The van der Waals surface area contributed by atoms with E-state index in [2.05, 4.69) is 5.32 Å². The Morgan fingerprint density at radius 1 is 1.29 bits per heavy atom. The highest BCUT2D eigenvalue weighted by atomic mass is 16.6. The molecule has 7 nitrogen and oxygen atoms in total. The van der Waals surface area contributed by atoms with Crippen LogP contribution in [0.5, 0.6) is 0 Å². The van der Waals surface area contributed by atoms with E-state index in [0.717, 1.165) is 5.70 Å². The summed E-state index contributed by atoms with van der Waals surface area (Å²) in [5.41, 5.74) is 2.84. The summed E-state index contributed by atoms with van der Waals surface area (Å²) in [4.78, 5) is 36.3. The Morgan fingerprint density at radius 3 is 2.50 bits per heavy atom. The van der Waals surface area contributed by atoms with Crippen LogP contribution in [0.1, 0.15) is 52.0 Å². The fraction of sp³-hybridized carbons (Fsp3) is 0.429. The summed E-state index contributed by atoms with van der Waals surface area (Å²) in [5, 5.41) is 14.3. The summed E-state index contributed by atoms with van der Waals surface area (Å²) in [7, 11) is 0. The largest absolute Gasteiger partial charge is 0.463 e. The van der Waals surface area contributed by atoms with Gasteiger partial charge in [-0.3, -0.25) is 14.9 Å². The minimum Gasteiger partial charge on any atom is -0.463 e.